The Bertz CT molecular complexity index is 424. The third kappa shape index (κ3) is 4.42. The molecular formula is C17H29N3O. The maximum atomic E-state index is 5.95. The van der Waals surface area contributed by atoms with E-state index in [4.69, 9.17) is 4.74 Å². The summed E-state index contributed by atoms with van der Waals surface area (Å²) < 4.78 is 5.95. The van der Waals surface area contributed by atoms with E-state index >= 15 is 0 Å². The normalized spacial score (nSPS) is 20.5. The molecule has 2 unspecified atom stereocenters. The van der Waals surface area contributed by atoms with Crippen molar-refractivity contribution in [2.75, 3.05) is 31.1 Å². The van der Waals surface area contributed by atoms with Crippen molar-refractivity contribution in [1.82, 2.24) is 10.3 Å². The molecule has 21 heavy (non-hydrogen) atoms. The summed E-state index contributed by atoms with van der Waals surface area (Å²) in [5.74, 6) is 1.12. The summed E-state index contributed by atoms with van der Waals surface area (Å²) in [5.41, 5.74) is 1.29. The van der Waals surface area contributed by atoms with Crippen molar-refractivity contribution < 1.29 is 4.74 Å². The molecule has 0 saturated carbocycles. The number of rotatable bonds is 7. The highest BCUT2D eigenvalue weighted by Crippen LogP contribution is 2.27. The Morgan fingerprint density at radius 1 is 1.48 bits per heavy atom. The van der Waals surface area contributed by atoms with Crippen LogP contribution in [0, 0.1) is 0 Å². The van der Waals surface area contributed by atoms with Gasteiger partial charge in [0.25, 0.3) is 0 Å². The van der Waals surface area contributed by atoms with Gasteiger partial charge in [-0.05, 0) is 38.8 Å². The molecule has 1 N–H and O–H groups in total. The van der Waals surface area contributed by atoms with Crippen LogP contribution in [0.3, 0.4) is 0 Å². The largest absolute Gasteiger partial charge is 0.376 e. The summed E-state index contributed by atoms with van der Waals surface area (Å²) >= 11 is 0. The SMILES string of the molecule is CCCOC1CCCN(c2ncccc2C(C)NCC)C1. The predicted octanol–water partition coefficient (Wildman–Crippen LogP) is 3.15. The molecule has 4 nitrogen and oxygen atoms in total. The lowest BCUT2D eigenvalue weighted by atomic mass is 10.0. The Balaban J connectivity index is 2.09. The maximum absolute atomic E-state index is 5.95. The summed E-state index contributed by atoms with van der Waals surface area (Å²) in [4.78, 5) is 7.05. The molecular weight excluding hydrogens is 262 g/mol. The third-order valence-electron chi connectivity index (χ3n) is 4.03. The van der Waals surface area contributed by atoms with Crippen molar-refractivity contribution >= 4 is 5.82 Å². The van der Waals surface area contributed by atoms with Crippen molar-refractivity contribution in [3.05, 3.63) is 23.9 Å². The van der Waals surface area contributed by atoms with Crippen molar-refractivity contribution in [3.8, 4) is 0 Å². The first-order chi connectivity index (χ1) is 10.3. The fourth-order valence-corrected chi connectivity index (χ4v) is 2.98. The van der Waals surface area contributed by atoms with Gasteiger partial charge in [0.1, 0.15) is 5.82 Å². The van der Waals surface area contributed by atoms with Crippen LogP contribution >= 0.6 is 0 Å². The molecule has 0 bridgehead atoms. The molecule has 2 atom stereocenters. The molecule has 2 heterocycles. The lowest BCUT2D eigenvalue weighted by molar-refractivity contribution is 0.0438. The number of pyridine rings is 1. The van der Waals surface area contributed by atoms with E-state index in [0.29, 0.717) is 12.1 Å². The average molecular weight is 291 g/mol. The van der Waals surface area contributed by atoms with E-state index in [-0.39, 0.29) is 0 Å². The Morgan fingerprint density at radius 2 is 2.33 bits per heavy atom. The molecule has 0 aliphatic carbocycles. The monoisotopic (exact) mass is 291 g/mol. The van der Waals surface area contributed by atoms with Gasteiger partial charge in [0.2, 0.25) is 0 Å². The molecule has 1 fully saturated rings. The number of piperidine rings is 1. The zero-order valence-electron chi connectivity index (χ0n) is 13.6. The molecule has 0 aromatic carbocycles. The second-order valence-electron chi connectivity index (χ2n) is 5.78. The van der Waals surface area contributed by atoms with Crippen LogP contribution in [-0.2, 0) is 4.74 Å². The van der Waals surface area contributed by atoms with E-state index in [1.807, 2.05) is 12.3 Å². The van der Waals surface area contributed by atoms with Gasteiger partial charge in [0, 0.05) is 37.5 Å². The number of hydrogen-bond donors (Lipinski definition) is 1. The lowest BCUT2D eigenvalue weighted by Crippen LogP contribution is -2.41. The number of ether oxygens (including phenoxy) is 1. The molecule has 0 radical (unpaired) electrons. The highest BCUT2D eigenvalue weighted by atomic mass is 16.5. The van der Waals surface area contributed by atoms with E-state index in [1.165, 1.54) is 18.4 Å². The maximum Gasteiger partial charge on any atom is 0.133 e. The molecule has 118 valence electrons. The smallest absolute Gasteiger partial charge is 0.133 e. The number of nitrogens with one attached hydrogen (secondary N) is 1. The summed E-state index contributed by atoms with van der Waals surface area (Å²) in [5, 5.41) is 3.49. The first-order valence-corrected chi connectivity index (χ1v) is 8.31. The fourth-order valence-electron chi connectivity index (χ4n) is 2.98. The van der Waals surface area contributed by atoms with Crippen molar-refractivity contribution in [2.45, 2.75) is 52.2 Å². The topological polar surface area (TPSA) is 37.4 Å². The van der Waals surface area contributed by atoms with Crippen molar-refractivity contribution in [2.24, 2.45) is 0 Å². The van der Waals surface area contributed by atoms with Gasteiger partial charge in [-0.3, -0.25) is 0 Å². The lowest BCUT2D eigenvalue weighted by Gasteiger charge is -2.35. The summed E-state index contributed by atoms with van der Waals surface area (Å²) in [6, 6.07) is 4.55. The molecule has 1 aliphatic rings. The van der Waals surface area contributed by atoms with Crippen LogP contribution in [0.4, 0.5) is 5.82 Å². The molecule has 1 saturated heterocycles. The second-order valence-corrected chi connectivity index (χ2v) is 5.78. The summed E-state index contributed by atoms with van der Waals surface area (Å²) in [6.07, 6.45) is 5.68. The standard InChI is InChI=1S/C17H29N3O/c1-4-12-21-15-8-7-11-20(13-15)17-16(9-6-10-19-17)14(3)18-5-2/h6,9-10,14-15,18H,4-5,7-8,11-13H2,1-3H3. The Kier molecular flexibility index (Phi) is 6.46. The summed E-state index contributed by atoms with van der Waals surface area (Å²) in [7, 11) is 0. The predicted molar refractivity (Wildman–Crippen MR) is 87.8 cm³/mol. The quantitative estimate of drug-likeness (QED) is 0.837. The van der Waals surface area contributed by atoms with Gasteiger partial charge in [-0.2, -0.15) is 0 Å². The highest BCUT2D eigenvalue weighted by molar-refractivity contribution is 5.48. The zero-order chi connectivity index (χ0) is 15.1. The van der Waals surface area contributed by atoms with Crippen LogP contribution in [-0.4, -0.2) is 37.3 Å². The number of anilines is 1. The minimum Gasteiger partial charge on any atom is -0.376 e. The van der Waals surface area contributed by atoms with E-state index in [9.17, 15) is 0 Å². The van der Waals surface area contributed by atoms with Gasteiger partial charge in [0.05, 0.1) is 6.10 Å². The van der Waals surface area contributed by atoms with Gasteiger partial charge >= 0.3 is 0 Å². The molecule has 4 heteroatoms. The third-order valence-corrected chi connectivity index (χ3v) is 4.03. The van der Waals surface area contributed by atoms with Gasteiger partial charge in [-0.1, -0.05) is 19.9 Å². The molecule has 1 aliphatic heterocycles. The Labute approximate surface area is 128 Å². The molecule has 2 rings (SSSR count). The minimum absolute atomic E-state index is 0.329. The van der Waals surface area contributed by atoms with E-state index in [2.05, 4.69) is 42.0 Å². The van der Waals surface area contributed by atoms with Crippen LogP contribution < -0.4 is 10.2 Å². The van der Waals surface area contributed by atoms with Gasteiger partial charge < -0.3 is 15.0 Å². The second kappa shape index (κ2) is 8.35. The van der Waals surface area contributed by atoms with Crippen LogP contribution in [0.15, 0.2) is 18.3 Å². The highest BCUT2D eigenvalue weighted by Gasteiger charge is 2.24. The van der Waals surface area contributed by atoms with E-state index < -0.39 is 0 Å². The van der Waals surface area contributed by atoms with Crippen LogP contribution in [0.2, 0.25) is 0 Å². The van der Waals surface area contributed by atoms with Crippen LogP contribution in [0.5, 0.6) is 0 Å². The average Bonchev–Trinajstić information content (AvgIpc) is 2.53. The van der Waals surface area contributed by atoms with E-state index in [1.54, 1.807) is 0 Å². The van der Waals surface area contributed by atoms with Gasteiger partial charge in [-0.25, -0.2) is 4.98 Å². The molecule has 0 spiro atoms. The molecule has 1 aromatic heterocycles. The van der Waals surface area contributed by atoms with E-state index in [0.717, 1.165) is 38.5 Å². The molecule has 0 amide bonds. The van der Waals surface area contributed by atoms with Crippen molar-refractivity contribution in [3.63, 3.8) is 0 Å². The van der Waals surface area contributed by atoms with Crippen LogP contribution in [0.1, 0.15) is 51.6 Å². The fraction of sp³-hybridized carbons (Fsp3) is 0.706. The number of hydrogen-bond acceptors (Lipinski definition) is 4. The number of aromatic nitrogens is 1. The zero-order valence-corrected chi connectivity index (χ0v) is 13.6. The number of nitrogens with zero attached hydrogens (tertiary/aromatic N) is 2. The summed E-state index contributed by atoms with van der Waals surface area (Å²) in [6.45, 7) is 10.4. The van der Waals surface area contributed by atoms with Crippen LogP contribution in [0.25, 0.3) is 0 Å². The minimum atomic E-state index is 0.329. The first-order valence-electron chi connectivity index (χ1n) is 8.31. The Hall–Kier alpha value is -1.13. The van der Waals surface area contributed by atoms with Gasteiger partial charge in [-0.15, -0.1) is 0 Å². The van der Waals surface area contributed by atoms with Gasteiger partial charge in [0.15, 0.2) is 0 Å². The Morgan fingerprint density at radius 3 is 3.10 bits per heavy atom. The molecule has 1 aromatic rings. The van der Waals surface area contributed by atoms with Crippen molar-refractivity contribution in [1.29, 1.82) is 0 Å². The first kappa shape index (κ1) is 16.2.